The van der Waals surface area contributed by atoms with Crippen LogP contribution in [0.3, 0.4) is 0 Å². The van der Waals surface area contributed by atoms with Gasteiger partial charge in [-0.3, -0.25) is 14.9 Å². The highest BCUT2D eigenvalue weighted by molar-refractivity contribution is 5.92. The second kappa shape index (κ2) is 5.00. The number of aromatic nitrogens is 2. The number of hydrogen-bond acceptors (Lipinski definition) is 5. The van der Waals surface area contributed by atoms with E-state index in [1.54, 1.807) is 0 Å². The lowest BCUT2D eigenvalue weighted by Crippen LogP contribution is -2.10. The fourth-order valence-electron chi connectivity index (χ4n) is 1.63. The predicted molar refractivity (Wildman–Crippen MR) is 65.7 cm³/mol. The molecule has 3 N–H and O–H groups in total. The fraction of sp³-hybridized carbons (Fsp3) is 0. The van der Waals surface area contributed by atoms with E-state index in [4.69, 9.17) is 10.8 Å². The summed E-state index contributed by atoms with van der Waals surface area (Å²) in [5.41, 5.74) is 3.23. The van der Waals surface area contributed by atoms with Crippen molar-refractivity contribution in [2.24, 2.45) is 5.73 Å². The number of nitro benzene ring substituents is 1. The molecule has 0 saturated carbocycles. The molecular weight excluding hydrogens is 287 g/mol. The summed E-state index contributed by atoms with van der Waals surface area (Å²) in [5.74, 6) is -3.66. The molecule has 1 heterocycles. The molecule has 0 unspecified atom stereocenters. The average molecular weight is 294 g/mol. The summed E-state index contributed by atoms with van der Waals surface area (Å²) in [5, 5.41) is 23.5. The summed E-state index contributed by atoms with van der Waals surface area (Å²) in [6.07, 6.45) is 2.13. The quantitative estimate of drug-likeness (QED) is 0.628. The third kappa shape index (κ3) is 2.54. The summed E-state index contributed by atoms with van der Waals surface area (Å²) in [4.78, 5) is 31.9. The topological polar surface area (TPSA) is 141 Å². The van der Waals surface area contributed by atoms with Crippen LogP contribution in [0, 0.1) is 15.9 Å². The van der Waals surface area contributed by atoms with Crippen LogP contribution in [-0.4, -0.2) is 31.7 Å². The molecule has 1 aromatic carbocycles. The van der Waals surface area contributed by atoms with Gasteiger partial charge in [0, 0.05) is 6.20 Å². The number of carboxylic acids is 1. The molecule has 0 radical (unpaired) electrons. The van der Waals surface area contributed by atoms with Crippen LogP contribution >= 0.6 is 0 Å². The molecule has 2 rings (SSSR count). The van der Waals surface area contributed by atoms with Crippen LogP contribution < -0.4 is 5.73 Å². The first kappa shape index (κ1) is 14.1. The minimum atomic E-state index is -1.59. The van der Waals surface area contributed by atoms with E-state index in [1.165, 1.54) is 0 Å². The molecular formula is C11H7FN4O5. The largest absolute Gasteiger partial charge is 0.478 e. The zero-order valence-electron chi connectivity index (χ0n) is 10.2. The van der Waals surface area contributed by atoms with Crippen molar-refractivity contribution in [1.29, 1.82) is 0 Å². The summed E-state index contributed by atoms with van der Waals surface area (Å²) < 4.78 is 14.4. The first-order valence-electron chi connectivity index (χ1n) is 5.37. The zero-order chi connectivity index (χ0) is 15.7. The Hall–Kier alpha value is -3.30. The van der Waals surface area contributed by atoms with E-state index in [-0.39, 0.29) is 11.3 Å². The second-order valence-electron chi connectivity index (χ2n) is 3.92. The third-order valence-corrected chi connectivity index (χ3v) is 2.61. The zero-order valence-corrected chi connectivity index (χ0v) is 10.2. The van der Waals surface area contributed by atoms with Gasteiger partial charge in [0.25, 0.3) is 11.6 Å². The number of carbonyl (C=O) groups excluding carboxylic acids is 1. The minimum Gasteiger partial charge on any atom is -0.478 e. The first-order chi connectivity index (χ1) is 9.81. The lowest BCUT2D eigenvalue weighted by atomic mass is 10.1. The summed E-state index contributed by atoms with van der Waals surface area (Å²) in [6.45, 7) is 0. The Kier molecular flexibility index (Phi) is 3.36. The number of hydrogen-bond donors (Lipinski definition) is 2. The van der Waals surface area contributed by atoms with E-state index in [9.17, 15) is 24.1 Å². The Balaban J connectivity index is 2.69. The Morgan fingerprint density at radius 3 is 2.57 bits per heavy atom. The number of amides is 1. The molecule has 10 heteroatoms. The molecule has 9 nitrogen and oxygen atoms in total. The van der Waals surface area contributed by atoms with Gasteiger partial charge in [0.05, 0.1) is 28.3 Å². The van der Waals surface area contributed by atoms with Gasteiger partial charge in [0.2, 0.25) is 0 Å². The molecule has 0 spiro atoms. The van der Waals surface area contributed by atoms with Crippen molar-refractivity contribution < 1.29 is 24.0 Å². The van der Waals surface area contributed by atoms with Gasteiger partial charge < -0.3 is 10.8 Å². The van der Waals surface area contributed by atoms with Crippen LogP contribution in [-0.2, 0) is 0 Å². The molecule has 0 aliphatic rings. The average Bonchev–Trinajstić information content (AvgIpc) is 2.87. The molecule has 0 aliphatic carbocycles. The maximum absolute atomic E-state index is 13.5. The van der Waals surface area contributed by atoms with Crippen molar-refractivity contribution in [2.75, 3.05) is 0 Å². The smallest absolute Gasteiger partial charge is 0.338 e. The second-order valence-corrected chi connectivity index (χ2v) is 3.92. The lowest BCUT2D eigenvalue weighted by molar-refractivity contribution is -0.384. The van der Waals surface area contributed by atoms with Crippen molar-refractivity contribution in [3.05, 3.63) is 51.6 Å². The van der Waals surface area contributed by atoms with Gasteiger partial charge in [-0.1, -0.05) is 0 Å². The van der Waals surface area contributed by atoms with E-state index in [0.717, 1.165) is 23.1 Å². The van der Waals surface area contributed by atoms with Crippen molar-refractivity contribution in [1.82, 2.24) is 9.78 Å². The molecule has 0 aliphatic heterocycles. The highest BCUT2D eigenvalue weighted by atomic mass is 19.1. The molecule has 2 aromatic rings. The number of halogens is 1. The van der Waals surface area contributed by atoms with E-state index in [2.05, 4.69) is 5.10 Å². The Labute approximate surface area is 115 Å². The normalized spacial score (nSPS) is 10.3. The van der Waals surface area contributed by atoms with E-state index < -0.39 is 33.9 Å². The van der Waals surface area contributed by atoms with Gasteiger partial charge in [0.1, 0.15) is 11.5 Å². The van der Waals surface area contributed by atoms with Gasteiger partial charge in [-0.2, -0.15) is 5.10 Å². The number of nitrogens with zero attached hydrogens (tertiary/aromatic N) is 3. The van der Waals surface area contributed by atoms with Crippen molar-refractivity contribution in [2.45, 2.75) is 0 Å². The van der Waals surface area contributed by atoms with Crippen LogP contribution in [0.15, 0.2) is 24.5 Å². The molecule has 0 fully saturated rings. The number of benzene rings is 1. The SMILES string of the molecule is NC(=O)c1cnn(-c2cc(C(=O)O)c(F)cc2[N+](=O)[O-])c1. The first-order valence-corrected chi connectivity index (χ1v) is 5.37. The van der Waals surface area contributed by atoms with E-state index in [0.29, 0.717) is 6.07 Å². The van der Waals surface area contributed by atoms with Crippen LogP contribution in [0.5, 0.6) is 0 Å². The Bertz CT molecular complexity index is 770. The number of aromatic carboxylic acids is 1. The van der Waals surface area contributed by atoms with E-state index in [1.807, 2.05) is 0 Å². The fourth-order valence-corrected chi connectivity index (χ4v) is 1.63. The molecule has 0 atom stereocenters. The molecule has 21 heavy (non-hydrogen) atoms. The van der Waals surface area contributed by atoms with Gasteiger partial charge in [-0.15, -0.1) is 0 Å². The summed E-state index contributed by atoms with van der Waals surface area (Å²) >= 11 is 0. The summed E-state index contributed by atoms with van der Waals surface area (Å²) in [7, 11) is 0. The standard InChI is InChI=1S/C11H7FN4O5/c12-7-2-9(16(20)21)8(1-6(7)11(18)19)15-4-5(3-14-15)10(13)17/h1-4H,(H2,13,17)(H,18,19). The van der Waals surface area contributed by atoms with Crippen LogP contribution in [0.4, 0.5) is 10.1 Å². The highest BCUT2D eigenvalue weighted by Gasteiger charge is 2.23. The Morgan fingerprint density at radius 1 is 1.43 bits per heavy atom. The number of nitro groups is 1. The van der Waals surface area contributed by atoms with Crippen molar-refractivity contribution in [3.8, 4) is 5.69 Å². The molecule has 108 valence electrons. The number of carbonyl (C=O) groups is 2. The number of carboxylic acid groups (broad SMARTS) is 1. The number of primary amides is 1. The molecule has 0 bridgehead atoms. The minimum absolute atomic E-state index is 0.0366. The van der Waals surface area contributed by atoms with Crippen LogP contribution in [0.2, 0.25) is 0 Å². The van der Waals surface area contributed by atoms with Gasteiger partial charge in [-0.05, 0) is 6.07 Å². The molecule has 1 amide bonds. The number of nitrogens with two attached hydrogens (primary N) is 1. The van der Waals surface area contributed by atoms with Gasteiger partial charge >= 0.3 is 5.97 Å². The van der Waals surface area contributed by atoms with Gasteiger partial charge in [0.15, 0.2) is 0 Å². The molecule has 1 aromatic heterocycles. The maximum Gasteiger partial charge on any atom is 0.338 e. The monoisotopic (exact) mass is 294 g/mol. The van der Waals surface area contributed by atoms with Crippen molar-refractivity contribution >= 4 is 17.6 Å². The van der Waals surface area contributed by atoms with Crippen molar-refractivity contribution in [3.63, 3.8) is 0 Å². The van der Waals surface area contributed by atoms with E-state index >= 15 is 0 Å². The maximum atomic E-state index is 13.5. The summed E-state index contributed by atoms with van der Waals surface area (Å²) in [6, 6.07) is 1.23. The lowest BCUT2D eigenvalue weighted by Gasteiger charge is -2.05. The molecule has 0 saturated heterocycles. The third-order valence-electron chi connectivity index (χ3n) is 2.61. The van der Waals surface area contributed by atoms with Crippen LogP contribution in [0.1, 0.15) is 20.7 Å². The predicted octanol–water partition coefficient (Wildman–Crippen LogP) is 0.717. The van der Waals surface area contributed by atoms with Crippen LogP contribution in [0.25, 0.3) is 5.69 Å². The number of rotatable bonds is 4. The van der Waals surface area contributed by atoms with Gasteiger partial charge in [-0.25, -0.2) is 13.9 Å². The highest BCUT2D eigenvalue weighted by Crippen LogP contribution is 2.26. The Morgan fingerprint density at radius 2 is 2.10 bits per heavy atom.